The van der Waals surface area contributed by atoms with Crippen molar-refractivity contribution in [3.8, 4) is 5.75 Å². The van der Waals surface area contributed by atoms with Crippen molar-refractivity contribution in [2.45, 2.75) is 26.2 Å². The van der Waals surface area contributed by atoms with E-state index >= 15 is 0 Å². The van der Waals surface area contributed by atoms with Crippen molar-refractivity contribution < 1.29 is 19.1 Å². The Morgan fingerprint density at radius 2 is 2.17 bits per heavy atom. The number of hydrogen-bond donors (Lipinski definition) is 0. The Bertz CT molecular complexity index is 576. The number of methoxy groups -OCH3 is 1. The lowest BCUT2D eigenvalue weighted by Crippen LogP contribution is -2.43. The third-order valence-corrected chi connectivity index (χ3v) is 4.21. The van der Waals surface area contributed by atoms with Crippen LogP contribution in [0.2, 0.25) is 5.02 Å². The lowest BCUT2D eigenvalue weighted by molar-refractivity contribution is -0.151. The van der Waals surface area contributed by atoms with Gasteiger partial charge in [0.25, 0.3) is 0 Å². The first kappa shape index (κ1) is 17.6. The highest BCUT2D eigenvalue weighted by atomic mass is 35.5. The molecule has 0 radical (unpaired) electrons. The van der Waals surface area contributed by atoms with Gasteiger partial charge in [-0.05, 0) is 38.0 Å². The van der Waals surface area contributed by atoms with Gasteiger partial charge in [0.15, 0.2) is 0 Å². The third-order valence-electron chi connectivity index (χ3n) is 3.98. The summed E-state index contributed by atoms with van der Waals surface area (Å²) in [6.07, 6.45) is 1.78. The normalized spacial score (nSPS) is 17.7. The molecule has 1 unspecified atom stereocenters. The summed E-state index contributed by atoms with van der Waals surface area (Å²) in [6, 6.07) is 5.22. The Hall–Kier alpha value is -1.75. The van der Waals surface area contributed by atoms with Gasteiger partial charge in [-0.1, -0.05) is 11.6 Å². The number of nitrogens with zero attached hydrogens (tertiary/aromatic N) is 1. The van der Waals surface area contributed by atoms with Crippen LogP contribution in [0.3, 0.4) is 0 Å². The fourth-order valence-electron chi connectivity index (χ4n) is 2.82. The Labute approximate surface area is 141 Å². The van der Waals surface area contributed by atoms with E-state index in [1.807, 2.05) is 0 Å². The minimum atomic E-state index is -0.228. The summed E-state index contributed by atoms with van der Waals surface area (Å²) in [7, 11) is 1.56. The number of benzene rings is 1. The van der Waals surface area contributed by atoms with Gasteiger partial charge < -0.3 is 14.4 Å². The lowest BCUT2D eigenvalue weighted by atomic mass is 9.97. The molecule has 126 valence electrons. The van der Waals surface area contributed by atoms with Crippen molar-refractivity contribution in [1.82, 2.24) is 4.90 Å². The number of hydrogen-bond acceptors (Lipinski definition) is 4. The highest BCUT2D eigenvalue weighted by Crippen LogP contribution is 2.25. The highest BCUT2D eigenvalue weighted by Gasteiger charge is 2.29. The molecule has 0 aliphatic carbocycles. The molecule has 0 aromatic heterocycles. The van der Waals surface area contributed by atoms with Crippen molar-refractivity contribution in [3.63, 3.8) is 0 Å². The van der Waals surface area contributed by atoms with Gasteiger partial charge in [0.05, 0.1) is 26.1 Å². The van der Waals surface area contributed by atoms with Crippen LogP contribution in [0.25, 0.3) is 0 Å². The molecule has 1 heterocycles. The monoisotopic (exact) mass is 339 g/mol. The largest absolute Gasteiger partial charge is 0.496 e. The van der Waals surface area contributed by atoms with Gasteiger partial charge in [0, 0.05) is 23.7 Å². The summed E-state index contributed by atoms with van der Waals surface area (Å²) in [4.78, 5) is 26.1. The molecule has 0 saturated carbocycles. The van der Waals surface area contributed by atoms with Gasteiger partial charge >= 0.3 is 5.97 Å². The smallest absolute Gasteiger partial charge is 0.310 e. The summed E-state index contributed by atoms with van der Waals surface area (Å²) in [5.41, 5.74) is 0.753. The topological polar surface area (TPSA) is 55.8 Å². The zero-order valence-corrected chi connectivity index (χ0v) is 14.3. The minimum absolute atomic E-state index is 0.0282. The van der Waals surface area contributed by atoms with E-state index in [0.29, 0.717) is 30.5 Å². The summed E-state index contributed by atoms with van der Waals surface area (Å²) in [5.74, 6) is 0.167. The maximum atomic E-state index is 12.5. The van der Waals surface area contributed by atoms with E-state index in [4.69, 9.17) is 21.1 Å². The second kappa shape index (κ2) is 8.20. The zero-order valence-electron chi connectivity index (χ0n) is 13.5. The number of rotatable bonds is 5. The van der Waals surface area contributed by atoms with Crippen LogP contribution in [-0.2, 0) is 20.7 Å². The molecule has 1 aliphatic heterocycles. The summed E-state index contributed by atoms with van der Waals surface area (Å²) >= 11 is 6.00. The fourth-order valence-corrected chi connectivity index (χ4v) is 3.01. The highest BCUT2D eigenvalue weighted by molar-refractivity contribution is 6.30. The minimum Gasteiger partial charge on any atom is -0.496 e. The van der Waals surface area contributed by atoms with Gasteiger partial charge in [-0.25, -0.2) is 0 Å². The van der Waals surface area contributed by atoms with Crippen LogP contribution in [0.5, 0.6) is 5.75 Å². The Morgan fingerprint density at radius 3 is 2.87 bits per heavy atom. The predicted molar refractivity (Wildman–Crippen MR) is 87.6 cm³/mol. The molecular formula is C17H22ClNO4. The molecule has 23 heavy (non-hydrogen) atoms. The summed E-state index contributed by atoms with van der Waals surface area (Å²) < 4.78 is 10.3. The van der Waals surface area contributed by atoms with Crippen molar-refractivity contribution >= 4 is 23.5 Å². The number of piperidine rings is 1. The number of likely N-dealkylation sites (tertiary alicyclic amines) is 1. The molecule has 1 fully saturated rings. The first-order chi connectivity index (χ1) is 11.0. The molecule has 1 aromatic rings. The van der Waals surface area contributed by atoms with Crippen LogP contribution in [-0.4, -0.2) is 43.6 Å². The molecule has 1 aromatic carbocycles. The van der Waals surface area contributed by atoms with Crippen LogP contribution in [0.15, 0.2) is 18.2 Å². The standard InChI is InChI=1S/C17H22ClNO4/c1-3-23-17(21)12-5-4-8-19(11-12)16(20)10-13-9-14(18)6-7-15(13)22-2/h6-7,9,12H,3-5,8,10-11H2,1-2H3. The molecule has 0 bridgehead atoms. The molecule has 6 heteroatoms. The van der Waals surface area contributed by atoms with E-state index in [2.05, 4.69) is 0 Å². The van der Waals surface area contributed by atoms with Crippen LogP contribution in [0.4, 0.5) is 0 Å². The Kier molecular flexibility index (Phi) is 6.28. The first-order valence-corrected chi connectivity index (χ1v) is 8.19. The molecule has 5 nitrogen and oxygen atoms in total. The van der Waals surface area contributed by atoms with E-state index in [9.17, 15) is 9.59 Å². The molecule has 1 aliphatic rings. The van der Waals surface area contributed by atoms with Crippen LogP contribution in [0, 0.1) is 5.92 Å². The molecule has 1 atom stereocenters. The number of halogens is 1. The van der Waals surface area contributed by atoms with Gasteiger partial charge in [0.2, 0.25) is 5.91 Å². The Morgan fingerprint density at radius 1 is 1.39 bits per heavy atom. The summed E-state index contributed by atoms with van der Waals surface area (Å²) in [5, 5.41) is 0.566. The predicted octanol–water partition coefficient (Wildman–Crippen LogP) is 2.69. The van der Waals surface area contributed by atoms with Crippen molar-refractivity contribution in [3.05, 3.63) is 28.8 Å². The van der Waals surface area contributed by atoms with Crippen molar-refractivity contribution in [2.24, 2.45) is 5.92 Å². The first-order valence-electron chi connectivity index (χ1n) is 7.82. The van der Waals surface area contributed by atoms with Crippen LogP contribution in [0.1, 0.15) is 25.3 Å². The fraction of sp³-hybridized carbons (Fsp3) is 0.529. The van der Waals surface area contributed by atoms with Gasteiger partial charge in [-0.3, -0.25) is 9.59 Å². The average Bonchev–Trinajstić information content (AvgIpc) is 2.55. The van der Waals surface area contributed by atoms with Crippen LogP contribution < -0.4 is 4.74 Å². The van der Waals surface area contributed by atoms with Gasteiger partial charge in [-0.15, -0.1) is 0 Å². The Balaban J connectivity index is 2.03. The average molecular weight is 340 g/mol. The number of carbonyl (C=O) groups excluding carboxylic acids is 2. The van der Waals surface area contributed by atoms with Gasteiger partial charge in [-0.2, -0.15) is 0 Å². The second-order valence-electron chi connectivity index (χ2n) is 5.56. The van der Waals surface area contributed by atoms with E-state index in [-0.39, 0.29) is 24.2 Å². The van der Waals surface area contributed by atoms with E-state index in [0.717, 1.165) is 18.4 Å². The van der Waals surface area contributed by atoms with E-state index in [1.54, 1.807) is 37.1 Å². The summed E-state index contributed by atoms with van der Waals surface area (Å²) in [6.45, 7) is 3.23. The lowest BCUT2D eigenvalue weighted by Gasteiger charge is -2.31. The SMILES string of the molecule is CCOC(=O)C1CCCN(C(=O)Cc2cc(Cl)ccc2OC)C1. The molecule has 1 saturated heterocycles. The maximum absolute atomic E-state index is 12.5. The molecule has 2 rings (SSSR count). The maximum Gasteiger partial charge on any atom is 0.310 e. The quantitative estimate of drug-likeness (QED) is 0.774. The molecular weight excluding hydrogens is 318 g/mol. The number of carbonyl (C=O) groups is 2. The van der Waals surface area contributed by atoms with E-state index in [1.165, 1.54) is 0 Å². The number of amides is 1. The second-order valence-corrected chi connectivity index (χ2v) is 6.00. The van der Waals surface area contributed by atoms with Crippen molar-refractivity contribution in [2.75, 3.05) is 26.8 Å². The number of ether oxygens (including phenoxy) is 2. The van der Waals surface area contributed by atoms with Crippen molar-refractivity contribution in [1.29, 1.82) is 0 Å². The third kappa shape index (κ3) is 4.61. The molecule has 0 N–H and O–H groups in total. The zero-order chi connectivity index (χ0) is 16.8. The molecule has 1 amide bonds. The molecule has 0 spiro atoms. The number of esters is 1. The van der Waals surface area contributed by atoms with Crippen LogP contribution >= 0.6 is 11.6 Å². The van der Waals surface area contributed by atoms with E-state index < -0.39 is 0 Å². The van der Waals surface area contributed by atoms with Gasteiger partial charge in [0.1, 0.15) is 5.75 Å².